The second-order valence-corrected chi connectivity index (χ2v) is 4.42. The molecular weight excluding hydrogens is 216 g/mol. The lowest BCUT2D eigenvalue weighted by Crippen LogP contribution is -2.35. The van der Waals surface area contributed by atoms with E-state index < -0.39 is 5.60 Å². The lowest BCUT2D eigenvalue weighted by molar-refractivity contribution is 0.0456. The maximum atomic E-state index is 10.2. The average Bonchev–Trinajstić information content (AvgIpc) is 2.36. The summed E-state index contributed by atoms with van der Waals surface area (Å²) in [7, 11) is 3.79. The fourth-order valence-electron chi connectivity index (χ4n) is 1.42. The van der Waals surface area contributed by atoms with E-state index in [-0.39, 0.29) is 0 Å². The zero-order chi connectivity index (χ0) is 12.9. The van der Waals surface area contributed by atoms with Gasteiger partial charge >= 0.3 is 0 Å². The van der Waals surface area contributed by atoms with Crippen LogP contribution < -0.4 is 10.2 Å². The smallest absolute Gasteiger partial charge is 0.226 e. The highest BCUT2D eigenvalue weighted by atomic mass is 16.3. The first-order valence-electron chi connectivity index (χ1n) is 5.97. The molecule has 0 aliphatic heterocycles. The number of hydrogen-bond acceptors (Lipinski definition) is 5. The SMILES string of the molecule is CCC(O)(CC)CNc1ccnc(N(C)C)n1. The molecule has 1 rings (SSSR count). The van der Waals surface area contributed by atoms with E-state index in [2.05, 4.69) is 15.3 Å². The fraction of sp³-hybridized carbons (Fsp3) is 0.667. The van der Waals surface area contributed by atoms with Gasteiger partial charge in [0.2, 0.25) is 5.95 Å². The molecule has 0 aromatic carbocycles. The number of hydrogen-bond donors (Lipinski definition) is 2. The van der Waals surface area contributed by atoms with Gasteiger partial charge in [0.1, 0.15) is 5.82 Å². The van der Waals surface area contributed by atoms with E-state index in [0.29, 0.717) is 12.5 Å². The van der Waals surface area contributed by atoms with Crippen molar-refractivity contribution < 1.29 is 5.11 Å². The van der Waals surface area contributed by atoms with Crippen molar-refractivity contribution in [2.45, 2.75) is 32.3 Å². The predicted molar refractivity (Wildman–Crippen MR) is 70.4 cm³/mol. The van der Waals surface area contributed by atoms with Gasteiger partial charge in [0, 0.05) is 26.8 Å². The summed E-state index contributed by atoms with van der Waals surface area (Å²) in [5.41, 5.74) is -0.663. The summed E-state index contributed by atoms with van der Waals surface area (Å²) in [6.45, 7) is 4.47. The van der Waals surface area contributed by atoms with Crippen LogP contribution in [0.1, 0.15) is 26.7 Å². The molecule has 0 saturated heterocycles. The van der Waals surface area contributed by atoms with Crippen LogP contribution in [0.2, 0.25) is 0 Å². The maximum absolute atomic E-state index is 10.2. The van der Waals surface area contributed by atoms with E-state index in [1.54, 1.807) is 12.3 Å². The van der Waals surface area contributed by atoms with Gasteiger partial charge < -0.3 is 15.3 Å². The quantitative estimate of drug-likeness (QED) is 0.786. The number of aliphatic hydroxyl groups is 1. The van der Waals surface area contributed by atoms with Gasteiger partial charge in [-0.1, -0.05) is 13.8 Å². The molecule has 0 aliphatic carbocycles. The summed E-state index contributed by atoms with van der Waals surface area (Å²) in [5.74, 6) is 1.40. The third-order valence-corrected chi connectivity index (χ3v) is 2.96. The van der Waals surface area contributed by atoms with Crippen molar-refractivity contribution in [1.29, 1.82) is 0 Å². The Bertz CT molecular complexity index is 350. The molecule has 0 spiro atoms. The minimum atomic E-state index is -0.663. The highest BCUT2D eigenvalue weighted by Crippen LogP contribution is 2.16. The lowest BCUT2D eigenvalue weighted by Gasteiger charge is -2.25. The van der Waals surface area contributed by atoms with Crippen molar-refractivity contribution in [3.05, 3.63) is 12.3 Å². The van der Waals surface area contributed by atoms with Gasteiger partial charge in [-0.3, -0.25) is 0 Å². The zero-order valence-corrected chi connectivity index (χ0v) is 11.1. The highest BCUT2D eigenvalue weighted by Gasteiger charge is 2.21. The van der Waals surface area contributed by atoms with Crippen LogP contribution in [0, 0.1) is 0 Å². The van der Waals surface area contributed by atoms with Crippen molar-refractivity contribution in [1.82, 2.24) is 9.97 Å². The highest BCUT2D eigenvalue weighted by molar-refractivity contribution is 5.40. The minimum Gasteiger partial charge on any atom is -0.388 e. The van der Waals surface area contributed by atoms with Crippen molar-refractivity contribution >= 4 is 11.8 Å². The molecule has 0 radical (unpaired) electrons. The van der Waals surface area contributed by atoms with E-state index in [9.17, 15) is 5.11 Å². The van der Waals surface area contributed by atoms with Crippen molar-refractivity contribution in [2.75, 3.05) is 30.9 Å². The summed E-state index contributed by atoms with van der Waals surface area (Å²) in [4.78, 5) is 10.3. The second kappa shape index (κ2) is 5.82. The van der Waals surface area contributed by atoms with Gasteiger partial charge in [-0.2, -0.15) is 4.98 Å². The Labute approximate surface area is 103 Å². The molecule has 0 atom stereocenters. The van der Waals surface area contributed by atoms with Crippen molar-refractivity contribution in [3.63, 3.8) is 0 Å². The molecule has 17 heavy (non-hydrogen) atoms. The molecule has 0 amide bonds. The van der Waals surface area contributed by atoms with Gasteiger partial charge in [0.05, 0.1) is 5.60 Å². The van der Waals surface area contributed by atoms with Crippen molar-refractivity contribution in [3.8, 4) is 0 Å². The van der Waals surface area contributed by atoms with Crippen LogP contribution in [0.3, 0.4) is 0 Å². The molecule has 5 nitrogen and oxygen atoms in total. The third-order valence-electron chi connectivity index (χ3n) is 2.96. The van der Waals surface area contributed by atoms with Gasteiger partial charge in [-0.05, 0) is 18.9 Å². The molecule has 1 heterocycles. The largest absolute Gasteiger partial charge is 0.388 e. The average molecular weight is 238 g/mol. The first-order chi connectivity index (χ1) is 8.00. The Balaban J connectivity index is 2.66. The minimum absolute atomic E-state index is 0.504. The van der Waals surface area contributed by atoms with Crippen LogP contribution >= 0.6 is 0 Å². The summed E-state index contributed by atoms with van der Waals surface area (Å²) in [6.07, 6.45) is 3.16. The topological polar surface area (TPSA) is 61.3 Å². The standard InChI is InChI=1S/C12H22N4O/c1-5-12(17,6-2)9-14-10-7-8-13-11(15-10)16(3)4/h7-8,17H,5-6,9H2,1-4H3,(H,13,14,15). The van der Waals surface area contributed by atoms with Crippen LogP contribution in [0.4, 0.5) is 11.8 Å². The first kappa shape index (κ1) is 13.7. The second-order valence-electron chi connectivity index (χ2n) is 4.42. The number of nitrogens with one attached hydrogen (secondary N) is 1. The zero-order valence-electron chi connectivity index (χ0n) is 11.1. The number of anilines is 2. The van der Waals surface area contributed by atoms with Crippen molar-refractivity contribution in [2.24, 2.45) is 0 Å². The molecule has 5 heteroatoms. The summed E-state index contributed by atoms with van der Waals surface area (Å²) in [5, 5.41) is 13.3. The van der Waals surface area contributed by atoms with E-state index in [1.807, 2.05) is 32.8 Å². The van der Waals surface area contributed by atoms with E-state index in [4.69, 9.17) is 0 Å². The molecule has 1 aromatic rings. The van der Waals surface area contributed by atoms with Crippen LogP contribution in [0.15, 0.2) is 12.3 Å². The summed E-state index contributed by atoms with van der Waals surface area (Å²) in [6, 6.07) is 1.80. The Hall–Kier alpha value is -1.36. The lowest BCUT2D eigenvalue weighted by atomic mass is 9.98. The predicted octanol–water partition coefficient (Wildman–Crippen LogP) is 1.51. The number of aromatic nitrogens is 2. The molecule has 0 bridgehead atoms. The Morgan fingerprint density at radius 3 is 2.53 bits per heavy atom. The van der Waals surface area contributed by atoms with Crippen LogP contribution in [0.5, 0.6) is 0 Å². The molecule has 1 aromatic heterocycles. The van der Waals surface area contributed by atoms with E-state index in [1.165, 1.54) is 0 Å². The fourth-order valence-corrected chi connectivity index (χ4v) is 1.42. The van der Waals surface area contributed by atoms with Gasteiger partial charge in [0.25, 0.3) is 0 Å². The van der Waals surface area contributed by atoms with Gasteiger partial charge in [0.15, 0.2) is 0 Å². The Kier molecular flexibility index (Phi) is 4.69. The summed E-state index contributed by atoms with van der Waals surface area (Å²) >= 11 is 0. The Morgan fingerprint density at radius 1 is 1.35 bits per heavy atom. The molecule has 0 fully saturated rings. The monoisotopic (exact) mass is 238 g/mol. The molecule has 0 unspecified atom stereocenters. The molecule has 0 aliphatic rings. The maximum Gasteiger partial charge on any atom is 0.226 e. The van der Waals surface area contributed by atoms with Crippen LogP contribution in [0.25, 0.3) is 0 Å². The molecule has 0 saturated carbocycles. The molecule has 2 N–H and O–H groups in total. The molecule has 96 valence electrons. The van der Waals surface area contributed by atoms with Gasteiger partial charge in [-0.15, -0.1) is 0 Å². The Morgan fingerprint density at radius 2 is 2.00 bits per heavy atom. The van der Waals surface area contributed by atoms with E-state index in [0.717, 1.165) is 18.7 Å². The molecular formula is C12H22N4O. The number of rotatable bonds is 6. The normalized spacial score (nSPS) is 11.4. The van der Waals surface area contributed by atoms with Gasteiger partial charge in [-0.25, -0.2) is 4.98 Å². The van der Waals surface area contributed by atoms with Crippen LogP contribution in [-0.4, -0.2) is 41.3 Å². The van der Waals surface area contributed by atoms with Crippen LogP contribution in [-0.2, 0) is 0 Å². The number of nitrogens with zero attached hydrogens (tertiary/aromatic N) is 3. The third kappa shape index (κ3) is 3.85. The van der Waals surface area contributed by atoms with E-state index >= 15 is 0 Å². The summed E-state index contributed by atoms with van der Waals surface area (Å²) < 4.78 is 0. The first-order valence-corrected chi connectivity index (χ1v) is 5.97.